The first kappa shape index (κ1) is 21.8. The molecule has 39 heavy (non-hydrogen) atoms. The molecular formula is C38H31N. The van der Waals surface area contributed by atoms with Gasteiger partial charge in [-0.3, -0.25) is 0 Å². The Hall–Kier alpha value is -4.10. The summed E-state index contributed by atoms with van der Waals surface area (Å²) in [7, 11) is 0. The molecule has 1 aromatic heterocycles. The van der Waals surface area contributed by atoms with E-state index in [-0.39, 0.29) is 10.8 Å². The Morgan fingerprint density at radius 2 is 1.28 bits per heavy atom. The van der Waals surface area contributed by atoms with Crippen LogP contribution in [-0.2, 0) is 5.41 Å². The van der Waals surface area contributed by atoms with E-state index >= 15 is 0 Å². The van der Waals surface area contributed by atoms with E-state index in [0.29, 0.717) is 11.8 Å². The van der Waals surface area contributed by atoms with Gasteiger partial charge in [0.25, 0.3) is 0 Å². The first-order chi connectivity index (χ1) is 18.9. The van der Waals surface area contributed by atoms with Crippen LogP contribution in [0.4, 0.5) is 0 Å². The number of hydrogen-bond acceptors (Lipinski definition) is 0. The van der Waals surface area contributed by atoms with E-state index in [0.717, 1.165) is 0 Å². The SMILES string of the molecule is CC1(C)c2cc(-n3c4c(c5ccccc53)C3c5ccccc5C4C3(C)C)ccc2-c2ccc3ccccc3c21. The highest BCUT2D eigenvalue weighted by Gasteiger charge is 2.57. The van der Waals surface area contributed by atoms with Gasteiger partial charge in [-0.25, -0.2) is 0 Å². The predicted molar refractivity (Wildman–Crippen MR) is 162 cm³/mol. The van der Waals surface area contributed by atoms with Gasteiger partial charge in [-0.05, 0) is 73.3 Å². The van der Waals surface area contributed by atoms with Gasteiger partial charge in [0.05, 0.1) is 5.52 Å². The minimum absolute atomic E-state index is 0.0709. The van der Waals surface area contributed by atoms with E-state index < -0.39 is 0 Å². The van der Waals surface area contributed by atoms with Gasteiger partial charge in [0.2, 0.25) is 0 Å². The standard InChI is InChI=1S/C38H31N/c1-37(2)30-21-23(18-20-25(30)28-19-17-22-11-5-6-12-24(22)33(28)37)39-31-16-10-9-15-29(31)32-34-26-13-7-8-14-27(26)35(36(32)39)38(34,3)4/h5-21,34-35H,1-4H3. The zero-order chi connectivity index (χ0) is 26.3. The van der Waals surface area contributed by atoms with Crippen LogP contribution in [0, 0.1) is 5.41 Å². The van der Waals surface area contributed by atoms with Crippen molar-refractivity contribution in [3.63, 3.8) is 0 Å². The number of nitrogens with zero attached hydrogens (tertiary/aromatic N) is 1. The Morgan fingerprint density at radius 3 is 2.10 bits per heavy atom. The molecular weight excluding hydrogens is 470 g/mol. The molecule has 5 aromatic carbocycles. The van der Waals surface area contributed by atoms with E-state index in [2.05, 4.69) is 135 Å². The summed E-state index contributed by atoms with van der Waals surface area (Å²) in [5, 5.41) is 4.11. The number of fused-ring (bicyclic) bond motifs is 15. The first-order valence-corrected chi connectivity index (χ1v) is 14.3. The van der Waals surface area contributed by atoms with Crippen LogP contribution in [0.3, 0.4) is 0 Å². The van der Waals surface area contributed by atoms with Gasteiger partial charge in [-0.15, -0.1) is 0 Å². The summed E-state index contributed by atoms with van der Waals surface area (Å²) in [6.07, 6.45) is 0. The third-order valence-corrected chi connectivity index (χ3v) is 10.4. The topological polar surface area (TPSA) is 4.93 Å². The summed E-state index contributed by atoms with van der Waals surface area (Å²) in [4.78, 5) is 0. The summed E-state index contributed by atoms with van der Waals surface area (Å²) in [6, 6.07) is 39.0. The third-order valence-electron chi connectivity index (χ3n) is 10.4. The van der Waals surface area contributed by atoms with Crippen LogP contribution in [-0.4, -0.2) is 4.57 Å². The molecule has 0 radical (unpaired) electrons. The van der Waals surface area contributed by atoms with Crippen molar-refractivity contribution >= 4 is 21.7 Å². The Labute approximate surface area is 229 Å². The van der Waals surface area contributed by atoms with Gasteiger partial charge in [-0.1, -0.05) is 113 Å². The third kappa shape index (κ3) is 2.44. The second-order valence-electron chi connectivity index (χ2n) is 13.0. The molecule has 1 nitrogen and oxygen atoms in total. The Bertz CT molecular complexity index is 2030. The highest BCUT2D eigenvalue weighted by molar-refractivity contribution is 5.98. The summed E-state index contributed by atoms with van der Waals surface area (Å²) in [5.41, 5.74) is 14.5. The van der Waals surface area contributed by atoms with Crippen molar-refractivity contribution in [1.29, 1.82) is 0 Å². The van der Waals surface area contributed by atoms with E-state index in [1.807, 2.05) is 0 Å². The van der Waals surface area contributed by atoms with Crippen LogP contribution in [0.5, 0.6) is 0 Å². The molecule has 6 aromatic rings. The second kappa shape index (κ2) is 6.90. The molecule has 0 amide bonds. The Kier molecular flexibility index (Phi) is 3.86. The highest BCUT2D eigenvalue weighted by atomic mass is 15.0. The molecule has 0 saturated heterocycles. The molecule has 2 atom stereocenters. The van der Waals surface area contributed by atoms with Crippen molar-refractivity contribution in [2.75, 3.05) is 0 Å². The molecule has 9 rings (SSSR count). The van der Waals surface area contributed by atoms with Crippen LogP contribution in [0.2, 0.25) is 0 Å². The van der Waals surface area contributed by atoms with Crippen LogP contribution < -0.4 is 0 Å². The minimum atomic E-state index is -0.0709. The van der Waals surface area contributed by atoms with E-state index in [9.17, 15) is 0 Å². The molecule has 2 bridgehead atoms. The lowest BCUT2D eigenvalue weighted by Gasteiger charge is -2.27. The van der Waals surface area contributed by atoms with Crippen LogP contribution >= 0.6 is 0 Å². The van der Waals surface area contributed by atoms with Crippen molar-refractivity contribution in [3.8, 4) is 16.8 Å². The average molecular weight is 502 g/mol. The number of rotatable bonds is 1. The fourth-order valence-corrected chi connectivity index (χ4v) is 8.91. The molecule has 3 aliphatic carbocycles. The van der Waals surface area contributed by atoms with Crippen molar-refractivity contribution < 1.29 is 0 Å². The largest absolute Gasteiger partial charge is 0.313 e. The average Bonchev–Trinajstić information content (AvgIpc) is 3.56. The van der Waals surface area contributed by atoms with E-state index in [4.69, 9.17) is 0 Å². The lowest BCUT2D eigenvalue weighted by molar-refractivity contribution is 0.337. The molecule has 0 fully saturated rings. The summed E-state index contributed by atoms with van der Waals surface area (Å²) in [5.74, 6) is 0.824. The molecule has 2 unspecified atom stereocenters. The van der Waals surface area contributed by atoms with Crippen molar-refractivity contribution in [2.24, 2.45) is 5.41 Å². The van der Waals surface area contributed by atoms with Gasteiger partial charge >= 0.3 is 0 Å². The number of para-hydroxylation sites is 1. The summed E-state index contributed by atoms with van der Waals surface area (Å²) >= 11 is 0. The minimum Gasteiger partial charge on any atom is -0.313 e. The number of aromatic nitrogens is 1. The molecule has 0 saturated carbocycles. The molecule has 1 heterocycles. The van der Waals surface area contributed by atoms with E-state index in [1.165, 1.54) is 66.4 Å². The van der Waals surface area contributed by atoms with Gasteiger partial charge in [0.1, 0.15) is 0 Å². The fraction of sp³-hybridized carbons (Fsp3) is 0.211. The molecule has 0 N–H and O–H groups in total. The second-order valence-corrected chi connectivity index (χ2v) is 13.0. The van der Waals surface area contributed by atoms with E-state index in [1.54, 1.807) is 5.56 Å². The quantitative estimate of drug-likeness (QED) is 0.211. The zero-order valence-corrected chi connectivity index (χ0v) is 22.9. The maximum Gasteiger partial charge on any atom is 0.0534 e. The van der Waals surface area contributed by atoms with Crippen molar-refractivity contribution in [1.82, 2.24) is 4.57 Å². The molecule has 0 spiro atoms. The maximum absolute atomic E-state index is 2.62. The molecule has 3 aliphatic rings. The Morgan fingerprint density at radius 1 is 0.615 bits per heavy atom. The molecule has 0 aliphatic heterocycles. The summed E-state index contributed by atoms with van der Waals surface area (Å²) < 4.78 is 2.62. The molecule has 1 heteroatoms. The normalized spacial score (nSPS) is 20.7. The van der Waals surface area contributed by atoms with Crippen LogP contribution in [0.15, 0.2) is 103 Å². The summed E-state index contributed by atoms with van der Waals surface area (Å²) in [6.45, 7) is 9.78. The van der Waals surface area contributed by atoms with Gasteiger partial charge in [-0.2, -0.15) is 0 Å². The fourth-order valence-electron chi connectivity index (χ4n) is 8.91. The predicted octanol–water partition coefficient (Wildman–Crippen LogP) is 9.71. The number of hydrogen-bond donors (Lipinski definition) is 0. The molecule has 188 valence electrons. The lowest BCUT2D eigenvalue weighted by atomic mass is 9.77. The maximum atomic E-state index is 2.62. The number of benzene rings is 5. The van der Waals surface area contributed by atoms with Crippen molar-refractivity contribution in [3.05, 3.63) is 137 Å². The first-order valence-electron chi connectivity index (χ1n) is 14.3. The lowest BCUT2D eigenvalue weighted by Crippen LogP contribution is -2.18. The smallest absolute Gasteiger partial charge is 0.0534 e. The van der Waals surface area contributed by atoms with Gasteiger partial charge < -0.3 is 4.57 Å². The van der Waals surface area contributed by atoms with Crippen molar-refractivity contribution in [2.45, 2.75) is 44.9 Å². The monoisotopic (exact) mass is 501 g/mol. The van der Waals surface area contributed by atoms with Crippen LogP contribution in [0.1, 0.15) is 73.0 Å². The van der Waals surface area contributed by atoms with Gasteiger partial charge in [0, 0.05) is 34.0 Å². The van der Waals surface area contributed by atoms with Gasteiger partial charge in [0.15, 0.2) is 0 Å². The Balaban J connectivity index is 1.32. The van der Waals surface area contributed by atoms with Crippen LogP contribution in [0.25, 0.3) is 38.5 Å². The highest BCUT2D eigenvalue weighted by Crippen LogP contribution is 2.68. The zero-order valence-electron chi connectivity index (χ0n) is 22.9.